The van der Waals surface area contributed by atoms with Gasteiger partial charge in [0.2, 0.25) is 10.0 Å². The largest absolute Gasteiger partial charge is 0.494 e. The van der Waals surface area contributed by atoms with Gasteiger partial charge >= 0.3 is 0 Å². The molecule has 0 spiro atoms. The molecule has 5 nitrogen and oxygen atoms in total. The van der Waals surface area contributed by atoms with E-state index in [4.69, 9.17) is 4.74 Å². The van der Waals surface area contributed by atoms with Crippen molar-refractivity contribution in [2.24, 2.45) is 0 Å². The number of benzene rings is 1. The molecule has 0 bridgehead atoms. The third-order valence-electron chi connectivity index (χ3n) is 5.93. The zero-order chi connectivity index (χ0) is 23.0. The summed E-state index contributed by atoms with van der Waals surface area (Å²) in [4.78, 5) is 0. The minimum absolute atomic E-state index is 0.360. The van der Waals surface area contributed by atoms with E-state index in [0.717, 1.165) is 22.8 Å². The monoisotopic (exact) mass is 496 g/mol. The molecule has 1 fully saturated rings. The molecule has 1 atom stereocenters. The molecule has 2 aliphatic rings. The smallest absolute Gasteiger partial charge is 0.224 e. The van der Waals surface area contributed by atoms with Gasteiger partial charge in [0.05, 0.1) is 11.2 Å². The van der Waals surface area contributed by atoms with Crippen LogP contribution < -0.4 is 10.1 Å². The summed E-state index contributed by atoms with van der Waals surface area (Å²) >= 11 is 3.89. The first-order valence-electron chi connectivity index (χ1n) is 11.4. The number of piperazine rings is 1. The molecule has 1 heterocycles. The number of hydrogen-bond acceptors (Lipinski definition) is 6. The molecular weight excluding hydrogens is 460 g/mol. The highest BCUT2D eigenvalue weighted by molar-refractivity contribution is 8.16. The van der Waals surface area contributed by atoms with Crippen LogP contribution in [0.2, 0.25) is 0 Å². The van der Waals surface area contributed by atoms with Crippen LogP contribution in [0.1, 0.15) is 43.8 Å². The lowest BCUT2D eigenvalue weighted by Gasteiger charge is -2.38. The van der Waals surface area contributed by atoms with Gasteiger partial charge in [-0.1, -0.05) is 49.8 Å². The number of ether oxygens (including phenoxy) is 1. The van der Waals surface area contributed by atoms with Crippen molar-refractivity contribution < 1.29 is 13.2 Å². The predicted molar refractivity (Wildman–Crippen MR) is 139 cm³/mol. The lowest BCUT2D eigenvalue weighted by Crippen LogP contribution is -2.54. The maximum Gasteiger partial charge on any atom is 0.224 e. The van der Waals surface area contributed by atoms with E-state index in [1.54, 1.807) is 4.31 Å². The number of nitrogens with one attached hydrogen (secondary N) is 1. The van der Waals surface area contributed by atoms with E-state index < -0.39 is 14.8 Å². The van der Waals surface area contributed by atoms with Gasteiger partial charge in [0, 0.05) is 32.6 Å². The number of nitrogens with zero attached hydrogens (tertiary/aromatic N) is 1. The van der Waals surface area contributed by atoms with Crippen LogP contribution in [-0.2, 0) is 10.0 Å². The standard InChI is InChI=1S/C24H36N2O3S3/c1-4-30-23(31-5-2)21-6-8-22(9-7-21)29-19-14-24(12-10-20(3)11-13-24)32(27,28)26-17-15-25-16-18-26/h6-12,23,25H,4-5,13-19H2,1-3H3. The summed E-state index contributed by atoms with van der Waals surface area (Å²) in [6.45, 7) is 9.19. The van der Waals surface area contributed by atoms with Crippen LogP contribution in [0.3, 0.4) is 0 Å². The molecule has 8 heteroatoms. The highest BCUT2D eigenvalue weighted by Gasteiger charge is 2.45. The second-order valence-electron chi connectivity index (χ2n) is 8.11. The van der Waals surface area contributed by atoms with E-state index >= 15 is 0 Å². The third-order valence-corrected chi connectivity index (χ3v) is 11.1. The van der Waals surface area contributed by atoms with Crippen LogP contribution in [-0.4, -0.2) is 61.8 Å². The fraction of sp³-hybridized carbons (Fsp3) is 0.583. The highest BCUT2D eigenvalue weighted by Crippen LogP contribution is 2.40. The average molecular weight is 497 g/mol. The Kier molecular flexibility index (Phi) is 9.61. The summed E-state index contributed by atoms with van der Waals surface area (Å²) in [5.41, 5.74) is 2.40. The summed E-state index contributed by atoms with van der Waals surface area (Å²) in [5, 5.41) is 3.24. The molecule has 1 saturated heterocycles. The number of sulfonamides is 1. The Bertz CT molecular complexity index is 888. The van der Waals surface area contributed by atoms with Crippen molar-refractivity contribution in [1.82, 2.24) is 9.62 Å². The Morgan fingerprint density at radius 1 is 1.12 bits per heavy atom. The van der Waals surface area contributed by atoms with Crippen molar-refractivity contribution in [2.45, 2.75) is 42.9 Å². The summed E-state index contributed by atoms with van der Waals surface area (Å²) in [6.07, 6.45) is 6.79. The Hall–Kier alpha value is -0.930. The average Bonchev–Trinajstić information content (AvgIpc) is 2.81. The van der Waals surface area contributed by atoms with Crippen LogP contribution in [0, 0.1) is 0 Å². The molecule has 0 radical (unpaired) electrons. The fourth-order valence-corrected chi connectivity index (χ4v) is 8.57. The van der Waals surface area contributed by atoms with Crippen molar-refractivity contribution in [1.29, 1.82) is 0 Å². The van der Waals surface area contributed by atoms with Gasteiger partial charge in [0.1, 0.15) is 10.5 Å². The molecule has 1 aromatic rings. The van der Waals surface area contributed by atoms with Gasteiger partial charge in [0.15, 0.2) is 0 Å². The maximum absolute atomic E-state index is 13.6. The molecule has 1 aliphatic carbocycles. The molecule has 0 aromatic heterocycles. The topological polar surface area (TPSA) is 58.6 Å². The van der Waals surface area contributed by atoms with Gasteiger partial charge in [-0.25, -0.2) is 8.42 Å². The SMILES string of the molecule is CCSC(SCC)c1ccc(OCCC2(S(=O)(=O)N3CCNCC3)C=CC(C)=CC2)cc1. The summed E-state index contributed by atoms with van der Waals surface area (Å²) in [5.74, 6) is 2.96. The molecule has 1 N–H and O–H groups in total. The molecule has 1 unspecified atom stereocenters. The van der Waals surface area contributed by atoms with E-state index in [9.17, 15) is 8.42 Å². The van der Waals surface area contributed by atoms with E-state index in [0.29, 0.717) is 50.2 Å². The minimum atomic E-state index is -3.48. The molecule has 32 heavy (non-hydrogen) atoms. The van der Waals surface area contributed by atoms with E-state index in [1.807, 2.05) is 60.8 Å². The molecular formula is C24H36N2O3S3. The highest BCUT2D eigenvalue weighted by atomic mass is 32.2. The van der Waals surface area contributed by atoms with Crippen molar-refractivity contribution >= 4 is 33.5 Å². The fourth-order valence-electron chi connectivity index (χ4n) is 4.01. The summed E-state index contributed by atoms with van der Waals surface area (Å²) in [6, 6.07) is 8.27. The quantitative estimate of drug-likeness (QED) is 0.443. The molecule has 178 valence electrons. The Morgan fingerprint density at radius 3 is 2.34 bits per heavy atom. The lowest BCUT2D eigenvalue weighted by atomic mass is 9.93. The predicted octanol–water partition coefficient (Wildman–Crippen LogP) is 4.84. The molecule has 1 aliphatic heterocycles. The summed E-state index contributed by atoms with van der Waals surface area (Å²) in [7, 11) is -3.48. The lowest BCUT2D eigenvalue weighted by molar-refractivity contribution is 0.286. The third kappa shape index (κ3) is 6.14. The van der Waals surface area contributed by atoms with Crippen LogP contribution in [0.5, 0.6) is 5.75 Å². The molecule has 1 aromatic carbocycles. The number of thioether (sulfide) groups is 2. The van der Waals surface area contributed by atoms with E-state index in [-0.39, 0.29) is 0 Å². The zero-order valence-corrected chi connectivity index (χ0v) is 21.8. The van der Waals surface area contributed by atoms with Crippen LogP contribution >= 0.6 is 23.5 Å². The normalized spacial score (nSPS) is 22.2. The Morgan fingerprint density at radius 2 is 1.78 bits per heavy atom. The second-order valence-corrected chi connectivity index (χ2v) is 13.5. The summed E-state index contributed by atoms with van der Waals surface area (Å²) < 4.78 is 34.4. The van der Waals surface area contributed by atoms with E-state index in [1.165, 1.54) is 5.56 Å². The van der Waals surface area contributed by atoms with Crippen molar-refractivity contribution in [2.75, 3.05) is 44.3 Å². The van der Waals surface area contributed by atoms with Gasteiger partial charge in [-0.15, -0.1) is 23.5 Å². The first-order chi connectivity index (χ1) is 15.4. The molecule has 0 amide bonds. The minimum Gasteiger partial charge on any atom is -0.494 e. The molecule has 0 saturated carbocycles. The van der Waals surface area contributed by atoms with Crippen molar-refractivity contribution in [3.63, 3.8) is 0 Å². The van der Waals surface area contributed by atoms with Gasteiger partial charge < -0.3 is 10.1 Å². The van der Waals surface area contributed by atoms with Gasteiger partial charge in [-0.3, -0.25) is 0 Å². The van der Waals surface area contributed by atoms with Crippen LogP contribution in [0.25, 0.3) is 0 Å². The number of rotatable bonds is 11. The molecule has 3 rings (SSSR count). The van der Waals surface area contributed by atoms with Crippen molar-refractivity contribution in [3.8, 4) is 5.75 Å². The zero-order valence-electron chi connectivity index (χ0n) is 19.4. The number of allylic oxidation sites excluding steroid dienone is 3. The van der Waals surface area contributed by atoms with Gasteiger partial charge in [-0.2, -0.15) is 4.31 Å². The van der Waals surface area contributed by atoms with E-state index in [2.05, 4.69) is 31.3 Å². The first kappa shape index (κ1) is 25.7. The van der Waals surface area contributed by atoms with Crippen LogP contribution in [0.4, 0.5) is 0 Å². The Balaban J connectivity index is 1.68. The Labute approximate surface area is 202 Å². The second kappa shape index (κ2) is 12.0. The van der Waals surface area contributed by atoms with Gasteiger partial charge in [-0.05, 0) is 42.5 Å². The van der Waals surface area contributed by atoms with Gasteiger partial charge in [0.25, 0.3) is 0 Å². The number of hydrogen-bond donors (Lipinski definition) is 1. The first-order valence-corrected chi connectivity index (χ1v) is 15.0. The van der Waals surface area contributed by atoms with Crippen LogP contribution in [0.15, 0.2) is 48.1 Å². The van der Waals surface area contributed by atoms with Crippen molar-refractivity contribution in [3.05, 3.63) is 53.6 Å². The maximum atomic E-state index is 13.6.